The van der Waals surface area contributed by atoms with Gasteiger partial charge in [-0.3, -0.25) is 0 Å². The van der Waals surface area contributed by atoms with Crippen LogP contribution >= 0.6 is 11.6 Å². The van der Waals surface area contributed by atoms with Gasteiger partial charge in [0, 0.05) is 0 Å². The van der Waals surface area contributed by atoms with E-state index in [1.807, 2.05) is 0 Å². The van der Waals surface area contributed by atoms with Gasteiger partial charge in [0.1, 0.15) is 6.04 Å². The van der Waals surface area contributed by atoms with Crippen LogP contribution in [0.3, 0.4) is 0 Å². The summed E-state index contributed by atoms with van der Waals surface area (Å²) >= 11 is 5.88. The highest BCUT2D eigenvalue weighted by Gasteiger charge is 2.40. The lowest BCUT2D eigenvalue weighted by Crippen LogP contribution is -2.27. The summed E-state index contributed by atoms with van der Waals surface area (Å²) in [5, 5.41) is 2.70. The Morgan fingerprint density at radius 1 is 0.895 bits per heavy atom. The zero-order chi connectivity index (χ0) is 13.9. The first-order chi connectivity index (χ1) is 8.98. The predicted molar refractivity (Wildman–Crippen MR) is 70.3 cm³/mol. The summed E-state index contributed by atoms with van der Waals surface area (Å²) < 4.78 is 39.4. The van der Waals surface area contributed by atoms with Gasteiger partial charge >= 0.3 is 6.18 Å². The molecule has 0 radical (unpaired) electrons. The van der Waals surface area contributed by atoms with Crippen LogP contribution in [0.5, 0.6) is 0 Å². The summed E-state index contributed by atoms with van der Waals surface area (Å²) in [5.41, 5.74) is 0.408. The van der Waals surface area contributed by atoms with Gasteiger partial charge in [-0.05, 0) is 17.7 Å². The number of anilines is 1. The molecule has 5 heteroatoms. The van der Waals surface area contributed by atoms with Gasteiger partial charge in [0.15, 0.2) is 0 Å². The van der Waals surface area contributed by atoms with E-state index in [9.17, 15) is 13.2 Å². The summed E-state index contributed by atoms with van der Waals surface area (Å²) in [4.78, 5) is 0. The van der Waals surface area contributed by atoms with E-state index >= 15 is 0 Å². The van der Waals surface area contributed by atoms with Crippen molar-refractivity contribution in [3.05, 3.63) is 65.2 Å². The average Bonchev–Trinajstić information content (AvgIpc) is 2.37. The van der Waals surface area contributed by atoms with Crippen LogP contribution in [0.15, 0.2) is 54.6 Å². The zero-order valence-electron chi connectivity index (χ0n) is 9.79. The van der Waals surface area contributed by atoms with E-state index in [1.165, 1.54) is 18.2 Å². The number of benzene rings is 2. The molecular weight excluding hydrogens is 275 g/mol. The second-order valence-electron chi connectivity index (χ2n) is 4.01. The van der Waals surface area contributed by atoms with E-state index in [0.717, 1.165) is 0 Å². The van der Waals surface area contributed by atoms with E-state index in [-0.39, 0.29) is 16.3 Å². The van der Waals surface area contributed by atoms with Gasteiger partial charge in [0.05, 0.1) is 10.7 Å². The second-order valence-corrected chi connectivity index (χ2v) is 4.42. The molecule has 0 saturated carbocycles. The summed E-state index contributed by atoms with van der Waals surface area (Å²) in [6.07, 6.45) is -4.40. The van der Waals surface area contributed by atoms with Gasteiger partial charge in [0.25, 0.3) is 0 Å². The smallest absolute Gasteiger partial charge is 0.369 e. The Morgan fingerprint density at radius 3 is 2.05 bits per heavy atom. The largest absolute Gasteiger partial charge is 0.412 e. The van der Waals surface area contributed by atoms with Crippen molar-refractivity contribution >= 4 is 17.3 Å². The van der Waals surface area contributed by atoms with Crippen molar-refractivity contribution in [1.82, 2.24) is 0 Å². The zero-order valence-corrected chi connectivity index (χ0v) is 10.5. The molecule has 19 heavy (non-hydrogen) atoms. The normalized spacial score (nSPS) is 13.1. The maximum Gasteiger partial charge on any atom is 0.412 e. The molecule has 0 spiro atoms. The van der Waals surface area contributed by atoms with Crippen molar-refractivity contribution in [3.63, 3.8) is 0 Å². The van der Waals surface area contributed by atoms with E-state index in [1.54, 1.807) is 36.4 Å². The highest BCUT2D eigenvalue weighted by atomic mass is 35.5. The Kier molecular flexibility index (Phi) is 4.00. The van der Waals surface area contributed by atoms with Crippen molar-refractivity contribution in [2.75, 3.05) is 5.32 Å². The summed E-state index contributed by atoms with van der Waals surface area (Å²) in [6.45, 7) is 0. The molecule has 0 aliphatic heterocycles. The van der Waals surface area contributed by atoms with E-state index in [4.69, 9.17) is 11.6 Å². The van der Waals surface area contributed by atoms with Crippen molar-refractivity contribution in [2.24, 2.45) is 0 Å². The van der Waals surface area contributed by atoms with Crippen LogP contribution in [0.1, 0.15) is 11.6 Å². The molecule has 2 rings (SSSR count). The molecule has 0 bridgehead atoms. The van der Waals surface area contributed by atoms with E-state index in [0.29, 0.717) is 0 Å². The molecule has 1 unspecified atom stereocenters. The Hall–Kier alpha value is -1.68. The highest BCUT2D eigenvalue weighted by molar-refractivity contribution is 6.33. The van der Waals surface area contributed by atoms with E-state index in [2.05, 4.69) is 5.32 Å². The first-order valence-corrected chi connectivity index (χ1v) is 5.99. The van der Waals surface area contributed by atoms with Crippen LogP contribution in [0.4, 0.5) is 18.9 Å². The van der Waals surface area contributed by atoms with Gasteiger partial charge in [-0.15, -0.1) is 0 Å². The number of para-hydroxylation sites is 1. The van der Waals surface area contributed by atoms with Crippen LogP contribution in [0, 0.1) is 0 Å². The lowest BCUT2D eigenvalue weighted by atomic mass is 10.1. The lowest BCUT2D eigenvalue weighted by molar-refractivity contribution is -0.144. The molecule has 0 amide bonds. The van der Waals surface area contributed by atoms with Gasteiger partial charge in [-0.2, -0.15) is 13.2 Å². The predicted octanol–water partition coefficient (Wildman–Crippen LogP) is 5.06. The molecule has 0 aliphatic carbocycles. The van der Waals surface area contributed by atoms with Gasteiger partial charge in [-0.25, -0.2) is 0 Å². The fraction of sp³-hybridized carbons (Fsp3) is 0.143. The van der Waals surface area contributed by atoms with Crippen molar-refractivity contribution in [1.29, 1.82) is 0 Å². The molecular formula is C14H11ClF3N. The van der Waals surface area contributed by atoms with Gasteiger partial charge in [0.2, 0.25) is 0 Å². The van der Waals surface area contributed by atoms with Crippen molar-refractivity contribution in [2.45, 2.75) is 12.2 Å². The van der Waals surface area contributed by atoms with Crippen LogP contribution in [0.2, 0.25) is 5.02 Å². The topological polar surface area (TPSA) is 12.0 Å². The van der Waals surface area contributed by atoms with Crippen molar-refractivity contribution in [3.8, 4) is 0 Å². The van der Waals surface area contributed by atoms with Crippen LogP contribution in [-0.2, 0) is 0 Å². The Balaban J connectivity index is 2.33. The minimum absolute atomic E-state index is 0.148. The summed E-state index contributed by atoms with van der Waals surface area (Å²) in [7, 11) is 0. The fourth-order valence-electron chi connectivity index (χ4n) is 1.73. The number of hydrogen-bond donors (Lipinski definition) is 1. The third-order valence-corrected chi connectivity index (χ3v) is 2.96. The molecule has 0 saturated heterocycles. The summed E-state index contributed by atoms with van der Waals surface area (Å²) in [6, 6.07) is 12.3. The standard InChI is InChI=1S/C14H11ClF3N/c15-11-8-4-5-9-12(11)19-13(14(16,17)18)10-6-2-1-3-7-10/h1-9,13,19H. The Morgan fingerprint density at radius 2 is 1.47 bits per heavy atom. The van der Waals surface area contributed by atoms with Crippen molar-refractivity contribution < 1.29 is 13.2 Å². The third kappa shape index (κ3) is 3.41. The maximum absolute atomic E-state index is 13.1. The number of rotatable bonds is 3. The monoisotopic (exact) mass is 285 g/mol. The van der Waals surface area contributed by atoms with Gasteiger partial charge in [-0.1, -0.05) is 54.1 Å². The molecule has 1 N–H and O–H groups in total. The Labute approximate surface area is 114 Å². The quantitative estimate of drug-likeness (QED) is 0.831. The number of hydrogen-bond acceptors (Lipinski definition) is 1. The molecule has 0 aliphatic rings. The van der Waals surface area contributed by atoms with Crippen LogP contribution in [-0.4, -0.2) is 6.18 Å². The number of alkyl halides is 3. The molecule has 2 aromatic rings. The van der Waals surface area contributed by atoms with Gasteiger partial charge < -0.3 is 5.32 Å². The molecule has 1 atom stereocenters. The highest BCUT2D eigenvalue weighted by Crippen LogP contribution is 2.37. The minimum atomic E-state index is -4.40. The third-order valence-electron chi connectivity index (χ3n) is 2.63. The Bertz CT molecular complexity index is 540. The molecule has 1 nitrogen and oxygen atoms in total. The fourth-order valence-corrected chi connectivity index (χ4v) is 1.92. The first kappa shape index (κ1) is 13.7. The minimum Gasteiger partial charge on any atom is -0.369 e. The van der Waals surface area contributed by atoms with Crippen LogP contribution in [0.25, 0.3) is 0 Å². The first-order valence-electron chi connectivity index (χ1n) is 5.61. The SMILES string of the molecule is FC(F)(F)C(Nc1ccccc1Cl)c1ccccc1. The number of nitrogens with one attached hydrogen (secondary N) is 1. The summed E-state index contributed by atoms with van der Waals surface area (Å²) in [5.74, 6) is 0. The number of halogens is 4. The molecule has 0 fully saturated rings. The van der Waals surface area contributed by atoms with Crippen LogP contribution < -0.4 is 5.32 Å². The maximum atomic E-state index is 13.1. The lowest BCUT2D eigenvalue weighted by Gasteiger charge is -2.23. The molecule has 0 heterocycles. The molecule has 100 valence electrons. The van der Waals surface area contributed by atoms with E-state index < -0.39 is 12.2 Å². The second kappa shape index (κ2) is 5.53. The average molecular weight is 286 g/mol. The molecule has 2 aromatic carbocycles. The molecule has 0 aromatic heterocycles.